The van der Waals surface area contributed by atoms with E-state index in [4.69, 9.17) is 5.73 Å². The van der Waals surface area contributed by atoms with Crippen molar-refractivity contribution in [3.8, 4) is 0 Å². The molecule has 8 heteroatoms. The number of carbonyl (C=O) groups excluding carboxylic acids is 2. The molecule has 0 unspecified atom stereocenters. The van der Waals surface area contributed by atoms with Gasteiger partial charge in [-0.1, -0.05) is 30.3 Å². The van der Waals surface area contributed by atoms with E-state index in [0.717, 1.165) is 5.56 Å². The maximum atomic E-state index is 12.1. The summed E-state index contributed by atoms with van der Waals surface area (Å²) in [7, 11) is 1.27. The molecule has 0 spiro atoms. The van der Waals surface area contributed by atoms with Crippen LogP contribution in [0.15, 0.2) is 36.4 Å². The molecule has 25 heavy (non-hydrogen) atoms. The van der Waals surface area contributed by atoms with Crippen LogP contribution >= 0.6 is 0 Å². The fourth-order valence-electron chi connectivity index (χ4n) is 2.79. The van der Waals surface area contributed by atoms with Crippen LogP contribution < -0.4 is 16.0 Å². The molecule has 130 valence electrons. The molecule has 1 aliphatic rings. The fourth-order valence-corrected chi connectivity index (χ4v) is 2.79. The van der Waals surface area contributed by atoms with Crippen molar-refractivity contribution in [2.75, 3.05) is 30.8 Å². The number of nitrogens with two attached hydrogens (primary N) is 1. The van der Waals surface area contributed by atoms with Gasteiger partial charge < -0.3 is 20.7 Å². The third-order valence-electron chi connectivity index (χ3n) is 3.88. The number of ether oxygens (including phenoxy) is 1. The number of anilines is 2. The second-order valence-electron chi connectivity index (χ2n) is 5.80. The average Bonchev–Trinajstić information content (AvgIpc) is 2.61. The minimum atomic E-state index is -0.599. The Morgan fingerprint density at radius 1 is 1.36 bits per heavy atom. The Morgan fingerprint density at radius 3 is 2.84 bits per heavy atom. The molecule has 1 aliphatic heterocycles. The maximum Gasteiger partial charge on any atom is 0.356 e. The maximum absolute atomic E-state index is 12.1. The zero-order chi connectivity index (χ0) is 17.8. The Balaban J connectivity index is 1.81. The van der Waals surface area contributed by atoms with Gasteiger partial charge in [-0.05, 0) is 12.0 Å². The smallest absolute Gasteiger partial charge is 0.356 e. The van der Waals surface area contributed by atoms with Gasteiger partial charge >= 0.3 is 5.97 Å². The van der Waals surface area contributed by atoms with Crippen molar-refractivity contribution in [2.45, 2.75) is 12.5 Å². The molecule has 1 aromatic heterocycles. The highest BCUT2D eigenvalue weighted by Crippen LogP contribution is 2.16. The zero-order valence-electron chi connectivity index (χ0n) is 13.8. The molecule has 0 radical (unpaired) electrons. The first-order valence-electron chi connectivity index (χ1n) is 7.86. The molecular weight excluding hydrogens is 322 g/mol. The number of amides is 1. The number of benzene rings is 1. The summed E-state index contributed by atoms with van der Waals surface area (Å²) in [4.78, 5) is 33.8. The van der Waals surface area contributed by atoms with Crippen molar-refractivity contribution in [2.24, 2.45) is 0 Å². The zero-order valence-corrected chi connectivity index (χ0v) is 13.8. The van der Waals surface area contributed by atoms with Gasteiger partial charge in [-0.25, -0.2) is 9.78 Å². The number of nitrogen functional groups attached to an aromatic ring is 1. The first-order chi connectivity index (χ1) is 12.0. The molecule has 0 aliphatic carbocycles. The quantitative estimate of drug-likeness (QED) is 0.774. The van der Waals surface area contributed by atoms with Crippen LogP contribution in [0, 0.1) is 0 Å². The van der Waals surface area contributed by atoms with E-state index in [0.29, 0.717) is 13.0 Å². The minimum absolute atomic E-state index is 0.0654. The summed E-state index contributed by atoms with van der Waals surface area (Å²) >= 11 is 0. The summed E-state index contributed by atoms with van der Waals surface area (Å²) in [6.07, 6.45) is 0.690. The first kappa shape index (κ1) is 16.7. The monoisotopic (exact) mass is 341 g/mol. The van der Waals surface area contributed by atoms with Crippen molar-refractivity contribution in [1.29, 1.82) is 0 Å². The van der Waals surface area contributed by atoms with E-state index in [-0.39, 0.29) is 36.0 Å². The second kappa shape index (κ2) is 7.16. The van der Waals surface area contributed by atoms with Gasteiger partial charge in [-0.15, -0.1) is 0 Å². The van der Waals surface area contributed by atoms with E-state index in [1.165, 1.54) is 13.2 Å². The van der Waals surface area contributed by atoms with Crippen molar-refractivity contribution >= 4 is 23.6 Å². The van der Waals surface area contributed by atoms with Gasteiger partial charge in [0.05, 0.1) is 19.7 Å². The summed E-state index contributed by atoms with van der Waals surface area (Å²) < 4.78 is 4.67. The molecule has 2 heterocycles. The Bertz CT molecular complexity index is 781. The lowest BCUT2D eigenvalue weighted by Gasteiger charge is -2.33. The lowest BCUT2D eigenvalue weighted by molar-refractivity contribution is -0.121. The molecule has 3 rings (SSSR count). The largest absolute Gasteiger partial charge is 0.464 e. The highest BCUT2D eigenvalue weighted by molar-refractivity contribution is 5.88. The SMILES string of the molecule is COC(=O)c1cc(N)nc(N2CC(=O)N[C@@H](Cc3ccccc3)C2)n1. The predicted octanol–water partition coefficient (Wildman–Crippen LogP) is 0.393. The van der Waals surface area contributed by atoms with Gasteiger partial charge in [0, 0.05) is 12.6 Å². The Labute approximate surface area is 145 Å². The number of nitrogens with one attached hydrogen (secondary N) is 1. The lowest BCUT2D eigenvalue weighted by Crippen LogP contribution is -2.55. The molecule has 8 nitrogen and oxygen atoms in total. The third kappa shape index (κ3) is 4.03. The highest BCUT2D eigenvalue weighted by Gasteiger charge is 2.27. The number of piperazine rings is 1. The molecule has 3 N–H and O–H groups in total. The van der Waals surface area contributed by atoms with Crippen molar-refractivity contribution < 1.29 is 14.3 Å². The van der Waals surface area contributed by atoms with Crippen LogP contribution in [0.4, 0.5) is 11.8 Å². The van der Waals surface area contributed by atoms with Crippen LogP contribution in [0.5, 0.6) is 0 Å². The number of rotatable bonds is 4. The number of esters is 1. The van der Waals surface area contributed by atoms with Crippen LogP contribution in [0.3, 0.4) is 0 Å². The predicted molar refractivity (Wildman–Crippen MR) is 92.1 cm³/mol. The molecule has 0 saturated carbocycles. The number of aromatic nitrogens is 2. The molecule has 2 aromatic rings. The molecule has 1 aromatic carbocycles. The van der Waals surface area contributed by atoms with Crippen molar-refractivity contribution in [3.05, 3.63) is 47.7 Å². The Morgan fingerprint density at radius 2 is 2.12 bits per heavy atom. The van der Waals surface area contributed by atoms with Crippen molar-refractivity contribution in [3.63, 3.8) is 0 Å². The Hall–Kier alpha value is -3.16. The van der Waals surface area contributed by atoms with Gasteiger partial charge in [0.1, 0.15) is 5.82 Å². The summed E-state index contributed by atoms with van der Waals surface area (Å²) in [5.74, 6) is -0.334. The first-order valence-corrected chi connectivity index (χ1v) is 7.86. The van der Waals surface area contributed by atoms with Gasteiger partial charge in [0.2, 0.25) is 11.9 Å². The number of methoxy groups -OCH3 is 1. The third-order valence-corrected chi connectivity index (χ3v) is 3.88. The summed E-state index contributed by atoms with van der Waals surface area (Å²) in [5.41, 5.74) is 6.95. The van der Waals surface area contributed by atoms with Crippen LogP contribution in [0.1, 0.15) is 16.1 Å². The molecule has 1 atom stereocenters. The highest BCUT2D eigenvalue weighted by atomic mass is 16.5. The topological polar surface area (TPSA) is 110 Å². The van der Waals surface area contributed by atoms with Crippen molar-refractivity contribution in [1.82, 2.24) is 15.3 Å². The summed E-state index contributed by atoms with van der Waals surface area (Å²) in [5, 5.41) is 2.97. The van der Waals surface area contributed by atoms with E-state index >= 15 is 0 Å². The van der Waals surface area contributed by atoms with E-state index in [9.17, 15) is 9.59 Å². The van der Waals surface area contributed by atoms with E-state index in [1.54, 1.807) is 4.90 Å². The van der Waals surface area contributed by atoms with Crippen LogP contribution in [0.2, 0.25) is 0 Å². The number of nitrogens with zero attached hydrogens (tertiary/aromatic N) is 3. The molecule has 1 fully saturated rings. The minimum Gasteiger partial charge on any atom is -0.464 e. The second-order valence-corrected chi connectivity index (χ2v) is 5.80. The van der Waals surface area contributed by atoms with Gasteiger partial charge in [-0.3, -0.25) is 4.79 Å². The van der Waals surface area contributed by atoms with Crippen LogP contribution in [-0.2, 0) is 16.0 Å². The van der Waals surface area contributed by atoms with Gasteiger partial charge in [0.25, 0.3) is 0 Å². The van der Waals surface area contributed by atoms with Gasteiger partial charge in [-0.2, -0.15) is 4.98 Å². The molecule has 1 saturated heterocycles. The van der Waals surface area contributed by atoms with E-state index < -0.39 is 5.97 Å². The van der Waals surface area contributed by atoms with Crippen LogP contribution in [0.25, 0.3) is 0 Å². The van der Waals surface area contributed by atoms with Crippen LogP contribution in [-0.4, -0.2) is 48.1 Å². The summed E-state index contributed by atoms with van der Waals surface area (Å²) in [6, 6.07) is 11.2. The number of hydrogen-bond donors (Lipinski definition) is 2. The normalized spacial score (nSPS) is 17.1. The van der Waals surface area contributed by atoms with Gasteiger partial charge in [0.15, 0.2) is 5.69 Å². The number of carbonyl (C=O) groups is 2. The number of hydrogen-bond acceptors (Lipinski definition) is 7. The molecular formula is C17H19N5O3. The summed E-state index contributed by atoms with van der Waals surface area (Å²) in [6.45, 7) is 0.625. The molecule has 0 bridgehead atoms. The lowest BCUT2D eigenvalue weighted by atomic mass is 10.0. The van der Waals surface area contributed by atoms with E-state index in [2.05, 4.69) is 20.0 Å². The average molecular weight is 341 g/mol. The fraction of sp³-hybridized carbons (Fsp3) is 0.294. The molecule has 1 amide bonds. The Kier molecular flexibility index (Phi) is 4.78. The van der Waals surface area contributed by atoms with E-state index in [1.807, 2.05) is 30.3 Å². The standard InChI is InChI=1S/C17H19N5O3/c1-25-16(24)13-8-14(18)21-17(20-13)22-9-12(19-15(23)10-22)7-11-5-3-2-4-6-11/h2-6,8,12H,7,9-10H2,1H3,(H,19,23)(H2,18,20,21)/t12-/m0/s1.